The number of nitrogens with zero attached hydrogens (tertiary/aromatic N) is 1. The maximum Gasteiger partial charge on any atom is 0.335 e. The first-order valence-corrected chi connectivity index (χ1v) is 11.4. The van der Waals surface area contributed by atoms with Crippen LogP contribution < -0.4 is 10.1 Å². The maximum absolute atomic E-state index is 13.3. The maximum atomic E-state index is 13.3. The Bertz CT molecular complexity index is 1250. The fraction of sp³-hybridized carbons (Fsp3) is 0.333. The van der Waals surface area contributed by atoms with E-state index in [4.69, 9.17) is 4.74 Å². The zero-order valence-corrected chi connectivity index (χ0v) is 18.9. The summed E-state index contributed by atoms with van der Waals surface area (Å²) in [6, 6.07) is 17.1. The summed E-state index contributed by atoms with van der Waals surface area (Å²) in [5.74, 6) is -0.393. The molecule has 2 fully saturated rings. The number of aryl methyl sites for hydroxylation is 1. The van der Waals surface area contributed by atoms with Crippen LogP contribution in [0, 0.1) is 6.92 Å². The molecule has 1 heterocycles. The summed E-state index contributed by atoms with van der Waals surface area (Å²) in [5, 5.41) is 14.5. The number of likely N-dealkylation sites (tertiary alicyclic amines) is 1. The Morgan fingerprint density at radius 2 is 1.97 bits per heavy atom. The highest BCUT2D eigenvalue weighted by atomic mass is 16.5. The Morgan fingerprint density at radius 3 is 2.64 bits per heavy atom. The monoisotopic (exact) mass is 444 g/mol. The molecular formula is C27H28N2O4. The first-order valence-electron chi connectivity index (χ1n) is 11.4. The molecule has 2 aliphatic rings. The van der Waals surface area contributed by atoms with E-state index in [1.165, 1.54) is 0 Å². The van der Waals surface area contributed by atoms with Crippen LogP contribution in [0.15, 0.2) is 54.6 Å². The lowest BCUT2D eigenvalue weighted by molar-refractivity contribution is 0.0696. The van der Waals surface area contributed by atoms with Crippen molar-refractivity contribution in [2.45, 2.75) is 37.8 Å². The fourth-order valence-corrected chi connectivity index (χ4v) is 4.60. The molecule has 3 aromatic carbocycles. The van der Waals surface area contributed by atoms with Crippen molar-refractivity contribution in [3.63, 3.8) is 0 Å². The molecule has 0 bridgehead atoms. The Hall–Kier alpha value is -3.38. The van der Waals surface area contributed by atoms with Crippen LogP contribution in [0.4, 0.5) is 0 Å². The van der Waals surface area contributed by atoms with Crippen molar-refractivity contribution in [2.75, 3.05) is 20.2 Å². The zero-order chi connectivity index (χ0) is 23.2. The van der Waals surface area contributed by atoms with Crippen molar-refractivity contribution < 1.29 is 19.4 Å². The third kappa shape index (κ3) is 4.07. The number of carboxylic acid groups (broad SMARTS) is 1. The molecule has 0 aromatic heterocycles. The number of amides is 1. The minimum atomic E-state index is -0.957. The molecule has 0 radical (unpaired) electrons. The topological polar surface area (TPSA) is 78.9 Å². The van der Waals surface area contributed by atoms with Crippen molar-refractivity contribution in [2.24, 2.45) is 0 Å². The first kappa shape index (κ1) is 21.5. The number of carbonyl (C=O) groups excluding carboxylic acids is 1. The number of likely N-dealkylation sites (N-methyl/N-ethyl adjacent to an activating group) is 1. The molecule has 1 saturated heterocycles. The minimum absolute atomic E-state index is 0.136. The Morgan fingerprint density at radius 1 is 1.15 bits per heavy atom. The molecule has 2 N–H and O–H groups in total. The van der Waals surface area contributed by atoms with Gasteiger partial charge in [0.1, 0.15) is 12.4 Å². The van der Waals surface area contributed by atoms with Crippen LogP contribution in [0.1, 0.15) is 51.1 Å². The number of benzene rings is 3. The van der Waals surface area contributed by atoms with E-state index in [1.807, 2.05) is 49.4 Å². The number of rotatable bonds is 7. The largest absolute Gasteiger partial charge is 0.492 e. The van der Waals surface area contributed by atoms with Crippen LogP contribution in [-0.2, 0) is 5.54 Å². The highest BCUT2D eigenvalue weighted by Gasteiger charge is 2.46. The molecule has 6 nitrogen and oxygen atoms in total. The Labute approximate surface area is 193 Å². The number of fused-ring (bicyclic) bond motifs is 1. The van der Waals surface area contributed by atoms with E-state index in [2.05, 4.69) is 17.3 Å². The summed E-state index contributed by atoms with van der Waals surface area (Å²) in [4.78, 5) is 27.1. The number of hydrogen-bond donors (Lipinski definition) is 2. The molecule has 1 aliphatic carbocycles. The zero-order valence-electron chi connectivity index (χ0n) is 18.9. The van der Waals surface area contributed by atoms with Crippen LogP contribution in [0.25, 0.3) is 10.8 Å². The van der Waals surface area contributed by atoms with E-state index >= 15 is 0 Å². The quantitative estimate of drug-likeness (QED) is 0.567. The van der Waals surface area contributed by atoms with Crippen molar-refractivity contribution in [1.29, 1.82) is 0 Å². The lowest BCUT2D eigenvalue weighted by Crippen LogP contribution is -2.48. The summed E-state index contributed by atoms with van der Waals surface area (Å²) in [5.41, 5.74) is 2.23. The lowest BCUT2D eigenvalue weighted by atomic mass is 9.95. The van der Waals surface area contributed by atoms with Gasteiger partial charge in [-0.25, -0.2) is 4.79 Å². The average molecular weight is 445 g/mol. The van der Waals surface area contributed by atoms with E-state index in [-0.39, 0.29) is 11.5 Å². The minimum Gasteiger partial charge on any atom is -0.492 e. The van der Waals surface area contributed by atoms with Gasteiger partial charge in [0.2, 0.25) is 0 Å². The van der Waals surface area contributed by atoms with Gasteiger partial charge in [0, 0.05) is 11.6 Å². The molecule has 1 atom stereocenters. The van der Waals surface area contributed by atoms with E-state index in [0.717, 1.165) is 47.7 Å². The van der Waals surface area contributed by atoms with Gasteiger partial charge in [0.15, 0.2) is 0 Å². The van der Waals surface area contributed by atoms with Gasteiger partial charge in [-0.1, -0.05) is 30.3 Å². The van der Waals surface area contributed by atoms with Crippen molar-refractivity contribution >= 4 is 22.6 Å². The second-order valence-electron chi connectivity index (χ2n) is 9.29. The summed E-state index contributed by atoms with van der Waals surface area (Å²) < 4.78 is 5.97. The van der Waals surface area contributed by atoms with Gasteiger partial charge in [-0.05, 0) is 85.9 Å². The summed E-state index contributed by atoms with van der Waals surface area (Å²) in [7, 11) is 2.09. The average Bonchev–Trinajstić information content (AvgIpc) is 3.58. The van der Waals surface area contributed by atoms with Gasteiger partial charge < -0.3 is 15.2 Å². The number of hydrogen-bond acceptors (Lipinski definition) is 4. The third-order valence-corrected chi connectivity index (χ3v) is 7.08. The van der Waals surface area contributed by atoms with Gasteiger partial charge in [-0.3, -0.25) is 9.69 Å². The highest BCUT2D eigenvalue weighted by Crippen LogP contribution is 2.48. The molecule has 33 heavy (non-hydrogen) atoms. The molecule has 170 valence electrons. The molecule has 6 heteroatoms. The molecule has 1 amide bonds. The van der Waals surface area contributed by atoms with Crippen LogP contribution >= 0.6 is 0 Å². The van der Waals surface area contributed by atoms with E-state index in [1.54, 1.807) is 12.1 Å². The second-order valence-corrected chi connectivity index (χ2v) is 9.29. The van der Waals surface area contributed by atoms with Crippen molar-refractivity contribution in [1.82, 2.24) is 10.2 Å². The predicted molar refractivity (Wildman–Crippen MR) is 127 cm³/mol. The summed E-state index contributed by atoms with van der Waals surface area (Å²) in [6.07, 6.45) is 2.77. The molecule has 1 saturated carbocycles. The van der Waals surface area contributed by atoms with E-state index in [0.29, 0.717) is 24.0 Å². The second kappa shape index (κ2) is 8.19. The standard InChI is InChI=1S/C27H28N2O4/c1-17-6-9-21(33-16-20-10-13-29(20)2)15-22(17)25(30)28-27(11-12-27)24-5-3-4-18-7-8-19(26(31)32)14-23(18)24/h3-9,14-15,20H,10-13,16H2,1-2H3,(H,28,30)(H,31,32). The molecule has 1 aliphatic heterocycles. The van der Waals surface area contributed by atoms with Crippen molar-refractivity contribution in [3.8, 4) is 5.75 Å². The fourth-order valence-electron chi connectivity index (χ4n) is 4.60. The van der Waals surface area contributed by atoms with Crippen LogP contribution in [0.5, 0.6) is 5.75 Å². The van der Waals surface area contributed by atoms with Gasteiger partial charge in [0.05, 0.1) is 11.1 Å². The summed E-state index contributed by atoms with van der Waals surface area (Å²) in [6.45, 7) is 3.64. The Balaban J connectivity index is 1.39. The number of carboxylic acids is 1. The smallest absolute Gasteiger partial charge is 0.335 e. The Kier molecular flexibility index (Phi) is 5.33. The van der Waals surface area contributed by atoms with Crippen LogP contribution in [0.2, 0.25) is 0 Å². The normalized spacial score (nSPS) is 19.0. The van der Waals surface area contributed by atoms with Crippen molar-refractivity contribution in [3.05, 3.63) is 76.9 Å². The summed E-state index contributed by atoms with van der Waals surface area (Å²) >= 11 is 0. The number of nitrogens with one attached hydrogen (secondary N) is 1. The molecule has 5 rings (SSSR count). The highest BCUT2D eigenvalue weighted by molar-refractivity contribution is 5.99. The molecule has 3 aromatic rings. The molecular weight excluding hydrogens is 416 g/mol. The number of carbonyl (C=O) groups is 2. The van der Waals surface area contributed by atoms with Crippen LogP contribution in [-0.4, -0.2) is 48.1 Å². The van der Waals surface area contributed by atoms with Gasteiger partial charge in [-0.15, -0.1) is 0 Å². The molecule has 1 unspecified atom stereocenters. The van der Waals surface area contributed by atoms with Gasteiger partial charge in [-0.2, -0.15) is 0 Å². The van der Waals surface area contributed by atoms with E-state index in [9.17, 15) is 14.7 Å². The SMILES string of the molecule is Cc1ccc(OCC2CCN2C)cc1C(=O)NC1(c2cccc3ccc(C(=O)O)cc23)CC1. The number of aromatic carboxylic acids is 1. The van der Waals surface area contributed by atoms with E-state index < -0.39 is 11.5 Å². The first-order chi connectivity index (χ1) is 15.9. The van der Waals surface area contributed by atoms with Gasteiger partial charge >= 0.3 is 5.97 Å². The third-order valence-electron chi connectivity index (χ3n) is 7.08. The van der Waals surface area contributed by atoms with Gasteiger partial charge in [0.25, 0.3) is 5.91 Å². The predicted octanol–water partition coefficient (Wildman–Crippen LogP) is 4.35. The molecule has 0 spiro atoms. The lowest BCUT2D eigenvalue weighted by Gasteiger charge is -2.37. The number of ether oxygens (including phenoxy) is 1. The van der Waals surface area contributed by atoms with Crippen LogP contribution in [0.3, 0.4) is 0 Å².